The highest BCUT2D eigenvalue weighted by molar-refractivity contribution is 6.03. The number of nitrogens with two attached hydrogens (primary N) is 1. The number of aromatic nitrogens is 1. The summed E-state index contributed by atoms with van der Waals surface area (Å²) in [6.45, 7) is 2.23. The second kappa shape index (κ2) is 6.50. The molecule has 2 aromatic rings. The Bertz CT molecular complexity index is 669. The van der Waals surface area contributed by atoms with Crippen LogP contribution >= 0.6 is 0 Å². The molecule has 0 spiro atoms. The van der Waals surface area contributed by atoms with E-state index in [0.717, 1.165) is 16.8 Å². The van der Waals surface area contributed by atoms with E-state index in [2.05, 4.69) is 22.1 Å². The summed E-state index contributed by atoms with van der Waals surface area (Å²) in [5, 5.41) is 2.84. The van der Waals surface area contributed by atoms with E-state index in [1.54, 1.807) is 24.4 Å². The van der Waals surface area contributed by atoms with Crippen molar-refractivity contribution in [3.63, 3.8) is 0 Å². The molecule has 2 rings (SSSR count). The second-order valence-corrected chi connectivity index (χ2v) is 4.20. The molecular formula is C16H15N3O. The standard InChI is InChI=1S/C16H15N3O/c1-12-7-8-13(5-4-9-17)11-15(12)19-16(20)14-6-2-3-10-18-14/h2-3,6-8,10-11H,9,17H2,1H3,(H,19,20). The summed E-state index contributed by atoms with van der Waals surface area (Å²) in [7, 11) is 0. The van der Waals surface area contributed by atoms with Gasteiger partial charge in [-0.15, -0.1) is 0 Å². The van der Waals surface area contributed by atoms with Gasteiger partial charge in [-0.3, -0.25) is 9.78 Å². The van der Waals surface area contributed by atoms with Gasteiger partial charge in [-0.2, -0.15) is 0 Å². The van der Waals surface area contributed by atoms with E-state index in [1.165, 1.54) is 0 Å². The predicted molar refractivity (Wildman–Crippen MR) is 79.3 cm³/mol. The van der Waals surface area contributed by atoms with Crippen LogP contribution in [0.25, 0.3) is 0 Å². The lowest BCUT2D eigenvalue weighted by molar-refractivity contribution is 0.102. The van der Waals surface area contributed by atoms with Crippen molar-refractivity contribution in [2.45, 2.75) is 6.92 Å². The first-order valence-corrected chi connectivity index (χ1v) is 6.22. The first kappa shape index (κ1) is 13.8. The van der Waals surface area contributed by atoms with Crippen molar-refractivity contribution in [3.05, 3.63) is 59.4 Å². The SMILES string of the molecule is Cc1ccc(C#CCN)cc1NC(=O)c1ccccn1. The molecule has 20 heavy (non-hydrogen) atoms. The van der Waals surface area contributed by atoms with Crippen LogP contribution in [0.1, 0.15) is 21.6 Å². The number of pyridine rings is 1. The zero-order valence-electron chi connectivity index (χ0n) is 11.2. The highest BCUT2D eigenvalue weighted by Crippen LogP contribution is 2.17. The number of benzene rings is 1. The summed E-state index contributed by atoms with van der Waals surface area (Å²) in [5.41, 5.74) is 8.24. The van der Waals surface area contributed by atoms with E-state index in [1.807, 2.05) is 25.1 Å². The fourth-order valence-electron chi connectivity index (χ4n) is 1.67. The van der Waals surface area contributed by atoms with Gasteiger partial charge < -0.3 is 11.1 Å². The normalized spacial score (nSPS) is 9.50. The third-order valence-corrected chi connectivity index (χ3v) is 2.72. The molecule has 0 radical (unpaired) electrons. The van der Waals surface area contributed by atoms with Gasteiger partial charge >= 0.3 is 0 Å². The van der Waals surface area contributed by atoms with Crippen LogP contribution in [0.4, 0.5) is 5.69 Å². The van der Waals surface area contributed by atoms with Crippen molar-refractivity contribution < 1.29 is 4.79 Å². The van der Waals surface area contributed by atoms with Gasteiger partial charge in [0.05, 0.1) is 6.54 Å². The smallest absolute Gasteiger partial charge is 0.274 e. The monoisotopic (exact) mass is 265 g/mol. The maximum atomic E-state index is 12.1. The van der Waals surface area contributed by atoms with E-state index in [-0.39, 0.29) is 5.91 Å². The number of carbonyl (C=O) groups is 1. The van der Waals surface area contributed by atoms with Gasteiger partial charge in [-0.25, -0.2) is 0 Å². The molecule has 4 heteroatoms. The molecule has 1 heterocycles. The average Bonchev–Trinajstić information content (AvgIpc) is 2.49. The minimum absolute atomic E-state index is 0.238. The van der Waals surface area contributed by atoms with Crippen LogP contribution in [0.5, 0.6) is 0 Å². The summed E-state index contributed by atoms with van der Waals surface area (Å²) < 4.78 is 0. The first-order chi connectivity index (χ1) is 9.70. The Hall–Kier alpha value is -2.64. The zero-order chi connectivity index (χ0) is 14.4. The van der Waals surface area contributed by atoms with Gasteiger partial charge in [-0.05, 0) is 36.8 Å². The lowest BCUT2D eigenvalue weighted by Gasteiger charge is -2.08. The molecule has 0 aliphatic heterocycles. The predicted octanol–water partition coefficient (Wildman–Crippen LogP) is 1.95. The van der Waals surface area contributed by atoms with Gasteiger partial charge in [0.25, 0.3) is 5.91 Å². The van der Waals surface area contributed by atoms with Gasteiger partial charge in [-0.1, -0.05) is 24.0 Å². The van der Waals surface area contributed by atoms with Gasteiger partial charge in [0.15, 0.2) is 0 Å². The average molecular weight is 265 g/mol. The maximum absolute atomic E-state index is 12.1. The van der Waals surface area contributed by atoms with E-state index < -0.39 is 0 Å². The minimum atomic E-state index is -0.238. The van der Waals surface area contributed by atoms with Crippen LogP contribution in [0.15, 0.2) is 42.6 Å². The van der Waals surface area contributed by atoms with E-state index in [9.17, 15) is 4.79 Å². The molecule has 0 fully saturated rings. The molecule has 4 nitrogen and oxygen atoms in total. The van der Waals surface area contributed by atoms with Crippen molar-refractivity contribution in [1.82, 2.24) is 4.98 Å². The van der Waals surface area contributed by atoms with Crippen LogP contribution in [-0.2, 0) is 0 Å². The number of amides is 1. The topological polar surface area (TPSA) is 68.0 Å². The van der Waals surface area contributed by atoms with Crippen LogP contribution in [-0.4, -0.2) is 17.4 Å². The number of hydrogen-bond acceptors (Lipinski definition) is 3. The molecule has 1 aromatic carbocycles. The number of carbonyl (C=O) groups excluding carboxylic acids is 1. The maximum Gasteiger partial charge on any atom is 0.274 e. The van der Waals surface area contributed by atoms with Gasteiger partial charge in [0, 0.05) is 17.4 Å². The molecule has 0 aliphatic carbocycles. The molecule has 0 bridgehead atoms. The number of anilines is 1. The van der Waals surface area contributed by atoms with Crippen molar-refractivity contribution in [2.75, 3.05) is 11.9 Å². The third kappa shape index (κ3) is 3.44. The minimum Gasteiger partial charge on any atom is -0.320 e. The molecule has 0 saturated carbocycles. The number of nitrogens with zero attached hydrogens (tertiary/aromatic N) is 1. The van der Waals surface area contributed by atoms with E-state index in [4.69, 9.17) is 5.73 Å². The molecule has 0 unspecified atom stereocenters. The number of nitrogens with one attached hydrogen (secondary N) is 1. The molecule has 0 saturated heterocycles. The molecule has 0 atom stereocenters. The Morgan fingerprint density at radius 1 is 1.35 bits per heavy atom. The number of rotatable bonds is 2. The molecule has 1 aromatic heterocycles. The van der Waals surface area contributed by atoms with Crippen molar-refractivity contribution in [3.8, 4) is 11.8 Å². The summed E-state index contributed by atoms with van der Waals surface area (Å²) in [4.78, 5) is 16.1. The Morgan fingerprint density at radius 3 is 2.90 bits per heavy atom. The van der Waals surface area contributed by atoms with Gasteiger partial charge in [0.1, 0.15) is 5.69 Å². The van der Waals surface area contributed by atoms with E-state index in [0.29, 0.717) is 12.2 Å². The van der Waals surface area contributed by atoms with Crippen LogP contribution in [0.2, 0.25) is 0 Å². The van der Waals surface area contributed by atoms with Crippen LogP contribution < -0.4 is 11.1 Å². The van der Waals surface area contributed by atoms with Crippen molar-refractivity contribution in [1.29, 1.82) is 0 Å². The summed E-state index contributed by atoms with van der Waals surface area (Å²) in [6, 6.07) is 10.9. The highest BCUT2D eigenvalue weighted by atomic mass is 16.1. The quantitative estimate of drug-likeness (QED) is 0.815. The van der Waals surface area contributed by atoms with E-state index >= 15 is 0 Å². The zero-order valence-corrected chi connectivity index (χ0v) is 11.2. The Kier molecular flexibility index (Phi) is 4.48. The summed E-state index contributed by atoms with van der Waals surface area (Å²) in [6.07, 6.45) is 1.59. The molecular weight excluding hydrogens is 250 g/mol. The first-order valence-electron chi connectivity index (χ1n) is 6.22. The summed E-state index contributed by atoms with van der Waals surface area (Å²) >= 11 is 0. The fraction of sp³-hybridized carbons (Fsp3) is 0.125. The lowest BCUT2D eigenvalue weighted by Crippen LogP contribution is -2.14. The largest absolute Gasteiger partial charge is 0.320 e. The Morgan fingerprint density at radius 2 is 2.20 bits per heavy atom. The lowest BCUT2D eigenvalue weighted by atomic mass is 10.1. The fourth-order valence-corrected chi connectivity index (χ4v) is 1.67. The molecule has 3 N–H and O–H groups in total. The third-order valence-electron chi connectivity index (χ3n) is 2.72. The molecule has 0 aliphatic rings. The van der Waals surface area contributed by atoms with Crippen LogP contribution in [0.3, 0.4) is 0 Å². The Labute approximate surface area is 118 Å². The van der Waals surface area contributed by atoms with Crippen molar-refractivity contribution in [2.24, 2.45) is 5.73 Å². The molecule has 1 amide bonds. The van der Waals surface area contributed by atoms with Crippen LogP contribution in [0, 0.1) is 18.8 Å². The van der Waals surface area contributed by atoms with Gasteiger partial charge in [0.2, 0.25) is 0 Å². The second-order valence-electron chi connectivity index (χ2n) is 4.20. The highest BCUT2D eigenvalue weighted by Gasteiger charge is 2.08. The molecule has 100 valence electrons. The number of hydrogen-bond donors (Lipinski definition) is 2. The van der Waals surface area contributed by atoms with Crippen molar-refractivity contribution >= 4 is 11.6 Å². The number of aryl methyl sites for hydroxylation is 1. The summed E-state index contributed by atoms with van der Waals surface area (Å²) in [5.74, 6) is 5.49. The Balaban J connectivity index is 2.22.